The maximum Gasteiger partial charge on any atom is 0.418 e. The molecule has 6 heteroatoms. The lowest BCUT2D eigenvalue weighted by Crippen LogP contribution is -2.26. The summed E-state index contributed by atoms with van der Waals surface area (Å²) < 4.78 is 6.83. The molecule has 2 rings (SSSR count). The van der Waals surface area contributed by atoms with Crippen LogP contribution in [0.2, 0.25) is 0 Å². The van der Waals surface area contributed by atoms with Gasteiger partial charge in [0.1, 0.15) is 5.60 Å². The molecule has 2 aromatic rings. The molecule has 20 heavy (non-hydrogen) atoms. The highest BCUT2D eigenvalue weighted by Crippen LogP contribution is 2.25. The Morgan fingerprint density at radius 2 is 2.05 bits per heavy atom. The zero-order valence-corrected chi connectivity index (χ0v) is 12.5. The summed E-state index contributed by atoms with van der Waals surface area (Å²) in [4.78, 5) is 12.1. The van der Waals surface area contributed by atoms with Crippen LogP contribution < -0.4 is 11.1 Å². The molecule has 0 amide bonds. The van der Waals surface area contributed by atoms with Crippen LogP contribution in [0.25, 0.3) is 10.9 Å². The van der Waals surface area contributed by atoms with Crippen LogP contribution >= 0.6 is 12.2 Å². The van der Waals surface area contributed by atoms with Gasteiger partial charge in [0.15, 0.2) is 5.11 Å². The quantitative estimate of drug-likeness (QED) is 0.790. The number of ether oxygens (including phenoxy) is 1. The van der Waals surface area contributed by atoms with Gasteiger partial charge < -0.3 is 15.8 Å². The minimum atomic E-state index is -0.539. The van der Waals surface area contributed by atoms with E-state index in [9.17, 15) is 4.79 Å². The molecule has 0 aliphatic rings. The number of nitrogens with zero attached hydrogens (tertiary/aromatic N) is 1. The van der Waals surface area contributed by atoms with E-state index in [2.05, 4.69) is 5.32 Å². The fourth-order valence-corrected chi connectivity index (χ4v) is 1.99. The van der Waals surface area contributed by atoms with Gasteiger partial charge >= 0.3 is 6.09 Å². The monoisotopic (exact) mass is 291 g/mol. The molecule has 1 aromatic heterocycles. The van der Waals surface area contributed by atoms with E-state index in [1.165, 1.54) is 4.57 Å². The molecular weight excluding hydrogens is 274 g/mol. The SMILES string of the molecule is CC(C)(C)OC(=O)n1ccc2c(NC(N)=S)cccc21. The Balaban J connectivity index is 2.42. The van der Waals surface area contributed by atoms with Gasteiger partial charge in [0.2, 0.25) is 0 Å². The van der Waals surface area contributed by atoms with Crippen molar-refractivity contribution in [3.63, 3.8) is 0 Å². The van der Waals surface area contributed by atoms with Gasteiger partial charge in [-0.15, -0.1) is 0 Å². The molecule has 0 aliphatic carbocycles. The van der Waals surface area contributed by atoms with Crippen LogP contribution in [0.1, 0.15) is 20.8 Å². The third-order valence-corrected chi connectivity index (χ3v) is 2.68. The number of hydrogen-bond acceptors (Lipinski definition) is 3. The Morgan fingerprint density at radius 1 is 1.35 bits per heavy atom. The van der Waals surface area contributed by atoms with E-state index in [0.29, 0.717) is 0 Å². The average Bonchev–Trinajstić information content (AvgIpc) is 2.70. The largest absolute Gasteiger partial charge is 0.443 e. The van der Waals surface area contributed by atoms with E-state index < -0.39 is 11.7 Å². The minimum Gasteiger partial charge on any atom is -0.443 e. The Morgan fingerprint density at radius 3 is 2.65 bits per heavy atom. The number of anilines is 1. The highest BCUT2D eigenvalue weighted by atomic mass is 32.1. The van der Waals surface area contributed by atoms with Gasteiger partial charge in [-0.3, -0.25) is 4.57 Å². The van der Waals surface area contributed by atoms with Gasteiger partial charge in [0.25, 0.3) is 0 Å². The van der Waals surface area contributed by atoms with Crippen LogP contribution in [-0.2, 0) is 4.74 Å². The van der Waals surface area contributed by atoms with Crippen LogP contribution in [-0.4, -0.2) is 21.4 Å². The summed E-state index contributed by atoms with van der Waals surface area (Å²) in [5.41, 5.74) is 6.45. The second kappa shape index (κ2) is 5.13. The standard InChI is InChI=1S/C14H17N3O2S/c1-14(2,3)19-13(18)17-8-7-9-10(16-12(15)20)5-4-6-11(9)17/h4-8H,1-3H3,(H3,15,16,20). The van der Waals surface area contributed by atoms with Crippen molar-refractivity contribution in [2.45, 2.75) is 26.4 Å². The molecule has 0 radical (unpaired) electrons. The Bertz CT molecular complexity index is 671. The van der Waals surface area contributed by atoms with Gasteiger partial charge in [-0.25, -0.2) is 4.79 Å². The molecule has 1 heterocycles. The van der Waals surface area contributed by atoms with Crippen LogP contribution in [0.5, 0.6) is 0 Å². The first-order valence-electron chi connectivity index (χ1n) is 6.18. The number of nitrogens with one attached hydrogen (secondary N) is 1. The van der Waals surface area contributed by atoms with Crippen LogP contribution in [0, 0.1) is 0 Å². The lowest BCUT2D eigenvalue weighted by Gasteiger charge is -2.19. The lowest BCUT2D eigenvalue weighted by molar-refractivity contribution is 0.0544. The molecule has 5 nitrogen and oxygen atoms in total. The van der Waals surface area contributed by atoms with Gasteiger partial charge in [0, 0.05) is 17.3 Å². The van der Waals surface area contributed by atoms with Crippen LogP contribution in [0.4, 0.5) is 10.5 Å². The molecule has 0 bridgehead atoms. The van der Waals surface area contributed by atoms with E-state index in [-0.39, 0.29) is 5.11 Å². The summed E-state index contributed by atoms with van der Waals surface area (Å²) in [7, 11) is 0. The van der Waals surface area contributed by atoms with E-state index in [1.807, 2.05) is 45.0 Å². The predicted molar refractivity (Wildman–Crippen MR) is 84.0 cm³/mol. The molecule has 106 valence electrons. The molecule has 0 unspecified atom stereocenters. The zero-order valence-electron chi connectivity index (χ0n) is 11.6. The van der Waals surface area contributed by atoms with Gasteiger partial charge in [0.05, 0.1) is 5.52 Å². The molecule has 0 aliphatic heterocycles. The minimum absolute atomic E-state index is 0.183. The molecule has 0 saturated carbocycles. The van der Waals surface area contributed by atoms with Crippen molar-refractivity contribution in [3.8, 4) is 0 Å². The fourth-order valence-electron chi connectivity index (χ4n) is 1.88. The fraction of sp³-hybridized carbons (Fsp3) is 0.286. The summed E-state index contributed by atoms with van der Waals surface area (Å²) in [5.74, 6) is 0. The molecule has 1 aromatic carbocycles. The molecule has 3 N–H and O–H groups in total. The second-order valence-corrected chi connectivity index (χ2v) is 5.83. The first-order chi connectivity index (χ1) is 9.28. The summed E-state index contributed by atoms with van der Waals surface area (Å²) in [6.07, 6.45) is 1.25. The van der Waals surface area contributed by atoms with Crippen molar-refractivity contribution < 1.29 is 9.53 Å². The maximum absolute atomic E-state index is 12.1. The van der Waals surface area contributed by atoms with E-state index >= 15 is 0 Å². The molecule has 0 saturated heterocycles. The van der Waals surface area contributed by atoms with Crippen LogP contribution in [0.3, 0.4) is 0 Å². The summed E-state index contributed by atoms with van der Waals surface area (Å²) in [6, 6.07) is 7.33. The summed E-state index contributed by atoms with van der Waals surface area (Å²) >= 11 is 4.84. The predicted octanol–water partition coefficient (Wildman–Crippen LogP) is 3.08. The molecule has 0 spiro atoms. The first-order valence-corrected chi connectivity index (χ1v) is 6.58. The smallest absolute Gasteiger partial charge is 0.418 e. The third-order valence-electron chi connectivity index (χ3n) is 2.58. The molecular formula is C14H17N3O2S. The van der Waals surface area contributed by atoms with Crippen molar-refractivity contribution in [1.82, 2.24) is 4.57 Å². The lowest BCUT2D eigenvalue weighted by atomic mass is 10.2. The van der Waals surface area contributed by atoms with Crippen molar-refractivity contribution in [3.05, 3.63) is 30.5 Å². The number of carbonyl (C=O) groups excluding carboxylic acids is 1. The Hall–Kier alpha value is -2.08. The Labute approximate surface area is 122 Å². The third kappa shape index (κ3) is 3.08. The van der Waals surface area contributed by atoms with E-state index in [4.69, 9.17) is 22.7 Å². The maximum atomic E-state index is 12.1. The number of hydrogen-bond donors (Lipinski definition) is 2. The zero-order chi connectivity index (χ0) is 14.9. The van der Waals surface area contributed by atoms with Crippen molar-refractivity contribution in [1.29, 1.82) is 0 Å². The van der Waals surface area contributed by atoms with Gasteiger partial charge in [-0.2, -0.15) is 0 Å². The number of thiocarbonyl (C=S) groups is 1. The van der Waals surface area contributed by atoms with E-state index in [0.717, 1.165) is 16.6 Å². The van der Waals surface area contributed by atoms with Crippen molar-refractivity contribution >= 4 is 40.0 Å². The number of benzene rings is 1. The summed E-state index contributed by atoms with van der Waals surface area (Å²) in [5, 5.41) is 3.93. The van der Waals surface area contributed by atoms with Gasteiger partial charge in [-0.1, -0.05) is 6.07 Å². The number of nitrogens with two attached hydrogens (primary N) is 1. The highest BCUT2D eigenvalue weighted by molar-refractivity contribution is 7.80. The van der Waals surface area contributed by atoms with Gasteiger partial charge in [-0.05, 0) is 51.2 Å². The first kappa shape index (κ1) is 14.3. The molecule has 0 fully saturated rings. The highest BCUT2D eigenvalue weighted by Gasteiger charge is 2.19. The average molecular weight is 291 g/mol. The number of fused-ring (bicyclic) bond motifs is 1. The number of aromatic nitrogens is 1. The molecule has 0 atom stereocenters. The number of carbonyl (C=O) groups is 1. The second-order valence-electron chi connectivity index (χ2n) is 5.39. The Kier molecular flexibility index (Phi) is 3.67. The van der Waals surface area contributed by atoms with E-state index in [1.54, 1.807) is 6.20 Å². The topological polar surface area (TPSA) is 69.3 Å². The van der Waals surface area contributed by atoms with Crippen molar-refractivity contribution in [2.24, 2.45) is 5.73 Å². The van der Waals surface area contributed by atoms with Crippen molar-refractivity contribution in [2.75, 3.05) is 5.32 Å². The normalized spacial score (nSPS) is 11.3. The summed E-state index contributed by atoms with van der Waals surface area (Å²) in [6.45, 7) is 5.49. The van der Waals surface area contributed by atoms with Crippen LogP contribution in [0.15, 0.2) is 30.5 Å². The number of rotatable bonds is 1.